The number of halogens is 1. The Morgan fingerprint density at radius 3 is 2.55 bits per heavy atom. The summed E-state index contributed by atoms with van der Waals surface area (Å²) in [6, 6.07) is 9.45. The van der Waals surface area contributed by atoms with E-state index in [1.54, 1.807) is 18.3 Å². The predicted octanol–water partition coefficient (Wildman–Crippen LogP) is 7.71. The Morgan fingerprint density at radius 1 is 1.24 bits per heavy atom. The number of methoxy groups -OCH3 is 1. The van der Waals surface area contributed by atoms with Gasteiger partial charge < -0.3 is 9.47 Å². The summed E-state index contributed by atoms with van der Waals surface area (Å²) in [5, 5.41) is 9.50. The van der Waals surface area contributed by atoms with Gasteiger partial charge in [-0.2, -0.15) is 9.65 Å². The van der Waals surface area contributed by atoms with Crippen molar-refractivity contribution in [2.24, 2.45) is 11.8 Å². The van der Waals surface area contributed by atoms with E-state index >= 15 is 0 Å². The molecule has 0 saturated heterocycles. The van der Waals surface area contributed by atoms with Crippen LogP contribution in [0.3, 0.4) is 0 Å². The van der Waals surface area contributed by atoms with Gasteiger partial charge in [-0.1, -0.05) is 40.2 Å². The van der Waals surface area contributed by atoms with Gasteiger partial charge in [0.05, 0.1) is 30.5 Å². The number of carbonyl (C=O) groups is 1. The van der Waals surface area contributed by atoms with Crippen LogP contribution in [0.1, 0.15) is 76.2 Å². The zero-order valence-corrected chi connectivity index (χ0v) is 23.3. The lowest BCUT2D eigenvalue weighted by Gasteiger charge is -2.20. The molecule has 1 aromatic carbocycles. The SMILES string of the molecule is C=CC(F)Oc1cc(-c2cnc3cc(C(C)(C)C#N)ccn23)cc(OC)c1C(=O)CCC(C)C(C)CCC. The quantitative estimate of drug-likeness (QED) is 0.171. The number of hydrogen-bond acceptors (Lipinski definition) is 5. The van der Waals surface area contributed by atoms with Crippen molar-refractivity contribution in [2.75, 3.05) is 7.11 Å². The highest BCUT2D eigenvalue weighted by Gasteiger charge is 2.25. The highest BCUT2D eigenvalue weighted by atomic mass is 19.1. The minimum Gasteiger partial charge on any atom is -0.496 e. The van der Waals surface area contributed by atoms with Crippen molar-refractivity contribution in [3.8, 4) is 28.8 Å². The van der Waals surface area contributed by atoms with Gasteiger partial charge in [0.1, 0.15) is 22.7 Å². The first-order chi connectivity index (χ1) is 18.1. The number of hydrogen-bond donors (Lipinski definition) is 0. The van der Waals surface area contributed by atoms with E-state index < -0.39 is 11.8 Å². The van der Waals surface area contributed by atoms with Crippen LogP contribution in [0.2, 0.25) is 0 Å². The van der Waals surface area contributed by atoms with E-state index in [1.165, 1.54) is 7.11 Å². The summed E-state index contributed by atoms with van der Waals surface area (Å²) in [5.74, 6) is 1.15. The van der Waals surface area contributed by atoms with Gasteiger partial charge in [0.25, 0.3) is 6.36 Å². The largest absolute Gasteiger partial charge is 0.496 e. The topological polar surface area (TPSA) is 76.6 Å². The second kappa shape index (κ2) is 12.3. The maximum absolute atomic E-state index is 14.4. The molecule has 0 saturated carbocycles. The number of rotatable bonds is 13. The first-order valence-corrected chi connectivity index (χ1v) is 13.1. The van der Waals surface area contributed by atoms with Gasteiger partial charge in [-0.05, 0) is 68.0 Å². The lowest BCUT2D eigenvalue weighted by Crippen LogP contribution is -2.14. The van der Waals surface area contributed by atoms with Gasteiger partial charge in [0, 0.05) is 18.2 Å². The highest BCUT2D eigenvalue weighted by Crippen LogP contribution is 2.38. The van der Waals surface area contributed by atoms with Crippen molar-refractivity contribution in [3.05, 3.63) is 60.4 Å². The van der Waals surface area contributed by atoms with E-state index in [2.05, 4.69) is 38.4 Å². The number of pyridine rings is 1. The zero-order chi connectivity index (χ0) is 28.0. The maximum atomic E-state index is 14.4. The summed E-state index contributed by atoms with van der Waals surface area (Å²) in [5.41, 5.74) is 2.43. The number of ether oxygens (including phenoxy) is 2. The first kappa shape index (κ1) is 28.9. The van der Waals surface area contributed by atoms with Crippen molar-refractivity contribution < 1.29 is 18.7 Å². The molecule has 3 aromatic rings. The van der Waals surface area contributed by atoms with Crippen molar-refractivity contribution in [1.82, 2.24) is 9.38 Å². The summed E-state index contributed by atoms with van der Waals surface area (Å²) < 4.78 is 27.4. The molecule has 0 spiro atoms. The van der Waals surface area contributed by atoms with Gasteiger partial charge in [-0.3, -0.25) is 9.20 Å². The van der Waals surface area contributed by atoms with Crippen molar-refractivity contribution in [2.45, 2.75) is 72.1 Å². The molecule has 202 valence electrons. The van der Waals surface area contributed by atoms with Crippen molar-refractivity contribution >= 4 is 11.4 Å². The number of alkyl halides is 1. The van der Waals surface area contributed by atoms with Crippen LogP contribution in [0.4, 0.5) is 4.39 Å². The smallest absolute Gasteiger partial charge is 0.257 e. The predicted molar refractivity (Wildman–Crippen MR) is 148 cm³/mol. The zero-order valence-electron chi connectivity index (χ0n) is 23.3. The average molecular weight is 520 g/mol. The van der Waals surface area contributed by atoms with Gasteiger partial charge in [-0.15, -0.1) is 0 Å². The number of nitriles is 1. The molecule has 3 atom stereocenters. The monoisotopic (exact) mass is 519 g/mol. The van der Waals surface area contributed by atoms with E-state index in [4.69, 9.17) is 9.47 Å². The molecular weight excluding hydrogens is 481 g/mol. The fraction of sp³-hybridized carbons (Fsp3) is 0.452. The van der Waals surface area contributed by atoms with Crippen LogP contribution in [0, 0.1) is 23.2 Å². The molecule has 38 heavy (non-hydrogen) atoms. The summed E-state index contributed by atoms with van der Waals surface area (Å²) >= 11 is 0. The first-order valence-electron chi connectivity index (χ1n) is 13.1. The lowest BCUT2D eigenvalue weighted by atomic mass is 9.87. The van der Waals surface area contributed by atoms with E-state index in [-0.39, 0.29) is 17.1 Å². The minimum absolute atomic E-state index is 0.100. The van der Waals surface area contributed by atoms with Gasteiger partial charge in [0.2, 0.25) is 0 Å². The number of aromatic nitrogens is 2. The third kappa shape index (κ3) is 6.24. The number of benzene rings is 1. The molecule has 0 radical (unpaired) electrons. The normalized spacial score (nSPS) is 13.9. The van der Waals surface area contributed by atoms with Crippen LogP contribution in [0.15, 0.2) is 49.3 Å². The number of carbonyl (C=O) groups excluding carboxylic acids is 1. The molecular formula is C31H38FN3O3. The van der Waals surface area contributed by atoms with Crippen molar-refractivity contribution in [1.29, 1.82) is 5.26 Å². The third-order valence-corrected chi connectivity index (χ3v) is 7.34. The molecule has 0 fully saturated rings. The Labute approximate surface area is 225 Å². The summed E-state index contributed by atoms with van der Waals surface area (Å²) in [4.78, 5) is 17.9. The standard InChI is InChI=1S/C31H38FN3O3/c1-8-10-20(3)21(4)11-12-25(36)30-26(37-7)15-22(16-27(30)38-28(32)9-2)24-18-34-29-17-23(13-14-35(24)29)31(5,6)19-33/h9,13-18,20-21,28H,2,8,10-12H2,1,3-7H3. The molecule has 0 amide bonds. The van der Waals surface area contributed by atoms with Crippen LogP contribution in [-0.4, -0.2) is 28.6 Å². The molecule has 2 aromatic heterocycles. The Balaban J connectivity index is 2.04. The summed E-state index contributed by atoms with van der Waals surface area (Å²) in [7, 11) is 1.48. The number of fused-ring (bicyclic) bond motifs is 1. The van der Waals surface area contributed by atoms with Gasteiger partial charge in [-0.25, -0.2) is 4.98 Å². The number of Topliss-reactive ketones (excluding diaryl/α,β-unsaturated/α-hetero) is 1. The fourth-order valence-corrected chi connectivity index (χ4v) is 4.59. The molecule has 3 unspecified atom stereocenters. The molecule has 7 heteroatoms. The van der Waals surface area contributed by atoms with Crippen LogP contribution in [0.25, 0.3) is 16.9 Å². The number of ketones is 1. The molecule has 6 nitrogen and oxygen atoms in total. The Bertz CT molecular complexity index is 1340. The van der Waals surface area contributed by atoms with E-state index in [0.29, 0.717) is 40.9 Å². The summed E-state index contributed by atoms with van der Waals surface area (Å²) in [6.07, 6.45) is 6.02. The fourth-order valence-electron chi connectivity index (χ4n) is 4.59. The molecule has 0 bridgehead atoms. The third-order valence-electron chi connectivity index (χ3n) is 7.34. The Hall–Kier alpha value is -3.66. The second-order valence-corrected chi connectivity index (χ2v) is 10.5. The molecule has 0 N–H and O–H groups in total. The summed E-state index contributed by atoms with van der Waals surface area (Å²) in [6.45, 7) is 13.7. The minimum atomic E-state index is -1.79. The van der Waals surface area contributed by atoms with E-state index in [9.17, 15) is 14.4 Å². The second-order valence-electron chi connectivity index (χ2n) is 10.5. The molecule has 0 aliphatic rings. The molecule has 2 heterocycles. The van der Waals surface area contributed by atoms with Crippen LogP contribution < -0.4 is 9.47 Å². The Kier molecular flexibility index (Phi) is 9.32. The van der Waals surface area contributed by atoms with Crippen LogP contribution in [-0.2, 0) is 5.41 Å². The number of imidazole rings is 1. The maximum Gasteiger partial charge on any atom is 0.257 e. The molecule has 0 aliphatic heterocycles. The molecule has 3 rings (SSSR count). The van der Waals surface area contributed by atoms with Crippen LogP contribution >= 0.6 is 0 Å². The van der Waals surface area contributed by atoms with E-state index in [0.717, 1.165) is 30.9 Å². The van der Waals surface area contributed by atoms with Crippen molar-refractivity contribution in [3.63, 3.8) is 0 Å². The highest BCUT2D eigenvalue weighted by molar-refractivity contribution is 6.02. The molecule has 0 aliphatic carbocycles. The Morgan fingerprint density at radius 2 is 1.92 bits per heavy atom. The number of nitrogens with zero attached hydrogens (tertiary/aromatic N) is 3. The average Bonchev–Trinajstić information content (AvgIpc) is 3.34. The van der Waals surface area contributed by atoms with Crippen LogP contribution in [0.5, 0.6) is 11.5 Å². The van der Waals surface area contributed by atoms with Gasteiger partial charge >= 0.3 is 0 Å². The van der Waals surface area contributed by atoms with E-state index in [1.807, 2.05) is 36.6 Å². The van der Waals surface area contributed by atoms with Gasteiger partial charge in [0.15, 0.2) is 5.78 Å². The lowest BCUT2D eigenvalue weighted by molar-refractivity contribution is 0.0933.